The zero-order chi connectivity index (χ0) is 14.5. The molecule has 0 radical (unpaired) electrons. The second kappa shape index (κ2) is 6.54. The predicted molar refractivity (Wildman–Crippen MR) is 80.7 cm³/mol. The van der Waals surface area contributed by atoms with E-state index in [4.69, 9.17) is 4.74 Å². The number of amides is 1. The van der Waals surface area contributed by atoms with Gasteiger partial charge in [0.05, 0.1) is 7.11 Å². The van der Waals surface area contributed by atoms with Gasteiger partial charge in [0.2, 0.25) is 0 Å². The van der Waals surface area contributed by atoms with E-state index in [1.807, 2.05) is 6.07 Å². The maximum absolute atomic E-state index is 12.0. The van der Waals surface area contributed by atoms with Crippen LogP contribution in [0.5, 0.6) is 5.75 Å². The summed E-state index contributed by atoms with van der Waals surface area (Å²) in [4.78, 5) is 12.0. The molecular weight excluding hydrogens is 322 g/mol. The molecular formula is C15H14BrNO3. The lowest BCUT2D eigenvalue weighted by Gasteiger charge is -2.12. The molecule has 0 heterocycles. The number of rotatable bonds is 4. The maximum Gasteiger partial charge on any atom is 0.257 e. The van der Waals surface area contributed by atoms with Crippen LogP contribution < -0.4 is 10.1 Å². The van der Waals surface area contributed by atoms with Crippen LogP contribution >= 0.6 is 15.9 Å². The quantitative estimate of drug-likeness (QED) is 0.902. The standard InChI is InChI=1S/C15H14BrNO3/c1-20-13-7-2-4-10(8-13)14(18)15(19)17-12-6-3-5-11(16)9-12/h2-9,14,18H,1H3,(H,17,19). The van der Waals surface area contributed by atoms with Crippen LogP contribution in [0.4, 0.5) is 5.69 Å². The number of aliphatic hydroxyl groups excluding tert-OH is 1. The van der Waals surface area contributed by atoms with Crippen LogP contribution in [-0.2, 0) is 4.79 Å². The molecule has 0 aliphatic carbocycles. The summed E-state index contributed by atoms with van der Waals surface area (Å²) in [5.41, 5.74) is 1.10. The van der Waals surface area contributed by atoms with E-state index in [9.17, 15) is 9.90 Å². The Morgan fingerprint density at radius 3 is 2.70 bits per heavy atom. The minimum Gasteiger partial charge on any atom is -0.497 e. The fourth-order valence-corrected chi connectivity index (χ4v) is 2.14. The highest BCUT2D eigenvalue weighted by Gasteiger charge is 2.18. The van der Waals surface area contributed by atoms with Crippen molar-refractivity contribution in [2.75, 3.05) is 12.4 Å². The topological polar surface area (TPSA) is 58.6 Å². The first-order valence-electron chi connectivity index (χ1n) is 5.98. The van der Waals surface area contributed by atoms with Crippen molar-refractivity contribution in [3.63, 3.8) is 0 Å². The van der Waals surface area contributed by atoms with Crippen molar-refractivity contribution in [2.45, 2.75) is 6.10 Å². The fraction of sp³-hybridized carbons (Fsp3) is 0.133. The summed E-state index contributed by atoms with van der Waals surface area (Å²) in [5.74, 6) is 0.105. The van der Waals surface area contributed by atoms with Crippen molar-refractivity contribution in [3.8, 4) is 5.75 Å². The maximum atomic E-state index is 12.0. The minimum absolute atomic E-state index is 0.483. The predicted octanol–water partition coefficient (Wildman–Crippen LogP) is 3.13. The van der Waals surface area contributed by atoms with E-state index in [-0.39, 0.29) is 0 Å². The van der Waals surface area contributed by atoms with E-state index in [2.05, 4.69) is 21.2 Å². The van der Waals surface area contributed by atoms with E-state index in [0.717, 1.165) is 4.47 Å². The number of ether oxygens (including phenoxy) is 1. The Balaban J connectivity index is 2.12. The van der Waals surface area contributed by atoms with Crippen molar-refractivity contribution in [2.24, 2.45) is 0 Å². The lowest BCUT2D eigenvalue weighted by Crippen LogP contribution is -2.20. The second-order valence-electron chi connectivity index (χ2n) is 4.18. The van der Waals surface area contributed by atoms with Gasteiger partial charge in [0.25, 0.3) is 5.91 Å². The molecule has 0 aliphatic heterocycles. The highest BCUT2D eigenvalue weighted by Crippen LogP contribution is 2.21. The average molecular weight is 336 g/mol. The van der Waals surface area contributed by atoms with Crippen LogP contribution in [-0.4, -0.2) is 18.1 Å². The zero-order valence-electron chi connectivity index (χ0n) is 10.8. The number of carbonyl (C=O) groups is 1. The number of halogens is 1. The van der Waals surface area contributed by atoms with Crippen molar-refractivity contribution >= 4 is 27.5 Å². The number of aliphatic hydroxyl groups is 1. The van der Waals surface area contributed by atoms with Gasteiger partial charge >= 0.3 is 0 Å². The summed E-state index contributed by atoms with van der Waals surface area (Å²) >= 11 is 3.32. The largest absolute Gasteiger partial charge is 0.497 e. The first kappa shape index (κ1) is 14.6. The lowest BCUT2D eigenvalue weighted by molar-refractivity contribution is -0.124. The molecule has 2 rings (SSSR count). The third-order valence-electron chi connectivity index (χ3n) is 2.75. The molecule has 1 atom stereocenters. The number of benzene rings is 2. The van der Waals surface area contributed by atoms with Crippen LogP contribution in [0, 0.1) is 0 Å². The number of carbonyl (C=O) groups excluding carboxylic acids is 1. The van der Waals surface area contributed by atoms with E-state index < -0.39 is 12.0 Å². The highest BCUT2D eigenvalue weighted by molar-refractivity contribution is 9.10. The van der Waals surface area contributed by atoms with Crippen molar-refractivity contribution in [3.05, 3.63) is 58.6 Å². The van der Waals surface area contributed by atoms with Crippen LogP contribution in [0.3, 0.4) is 0 Å². The molecule has 0 aliphatic rings. The number of hydrogen-bond acceptors (Lipinski definition) is 3. The molecule has 0 spiro atoms. The first-order chi connectivity index (χ1) is 9.60. The van der Waals surface area contributed by atoms with Gasteiger partial charge in [-0.15, -0.1) is 0 Å². The lowest BCUT2D eigenvalue weighted by atomic mass is 10.1. The van der Waals surface area contributed by atoms with Crippen molar-refractivity contribution < 1.29 is 14.6 Å². The Morgan fingerprint density at radius 2 is 2.00 bits per heavy atom. The smallest absolute Gasteiger partial charge is 0.257 e. The Bertz CT molecular complexity index is 616. The molecule has 0 bridgehead atoms. The second-order valence-corrected chi connectivity index (χ2v) is 5.09. The Kier molecular flexibility index (Phi) is 4.76. The van der Waals surface area contributed by atoms with Crippen molar-refractivity contribution in [1.82, 2.24) is 0 Å². The van der Waals surface area contributed by atoms with Gasteiger partial charge in [-0.2, -0.15) is 0 Å². The molecule has 2 N–H and O–H groups in total. The molecule has 2 aromatic rings. The molecule has 0 fully saturated rings. The highest BCUT2D eigenvalue weighted by atomic mass is 79.9. The summed E-state index contributed by atoms with van der Waals surface area (Å²) < 4.78 is 5.92. The molecule has 20 heavy (non-hydrogen) atoms. The number of hydrogen-bond donors (Lipinski definition) is 2. The van der Waals surface area contributed by atoms with Gasteiger partial charge in [-0.05, 0) is 35.9 Å². The van der Waals surface area contributed by atoms with Gasteiger partial charge in [-0.1, -0.05) is 34.1 Å². The van der Waals surface area contributed by atoms with Crippen LogP contribution in [0.15, 0.2) is 53.0 Å². The van der Waals surface area contributed by atoms with E-state index in [1.165, 1.54) is 7.11 Å². The van der Waals surface area contributed by atoms with E-state index >= 15 is 0 Å². The molecule has 2 aromatic carbocycles. The summed E-state index contributed by atoms with van der Waals surface area (Å²) in [7, 11) is 1.53. The summed E-state index contributed by atoms with van der Waals surface area (Å²) in [5, 5.41) is 12.7. The van der Waals surface area contributed by atoms with Crippen LogP contribution in [0.1, 0.15) is 11.7 Å². The van der Waals surface area contributed by atoms with Gasteiger partial charge in [0.15, 0.2) is 6.10 Å². The number of anilines is 1. The van der Waals surface area contributed by atoms with Crippen LogP contribution in [0.2, 0.25) is 0 Å². The van der Waals surface area contributed by atoms with Gasteiger partial charge in [-0.25, -0.2) is 0 Å². The Morgan fingerprint density at radius 1 is 1.25 bits per heavy atom. The molecule has 0 saturated heterocycles. The summed E-state index contributed by atoms with van der Waals surface area (Å²) in [6, 6.07) is 14.0. The molecule has 0 aromatic heterocycles. The van der Waals surface area contributed by atoms with Crippen molar-refractivity contribution in [1.29, 1.82) is 0 Å². The normalized spacial score (nSPS) is 11.8. The van der Waals surface area contributed by atoms with Gasteiger partial charge < -0.3 is 15.2 Å². The average Bonchev–Trinajstić information content (AvgIpc) is 2.46. The molecule has 104 valence electrons. The molecule has 5 heteroatoms. The number of methoxy groups -OCH3 is 1. The van der Waals surface area contributed by atoms with E-state index in [1.54, 1.807) is 42.5 Å². The number of nitrogens with one attached hydrogen (secondary N) is 1. The fourth-order valence-electron chi connectivity index (χ4n) is 1.74. The zero-order valence-corrected chi connectivity index (χ0v) is 12.4. The van der Waals surface area contributed by atoms with Gasteiger partial charge in [0, 0.05) is 10.2 Å². The Hall–Kier alpha value is -1.85. The Labute approximate surface area is 125 Å². The molecule has 4 nitrogen and oxygen atoms in total. The third-order valence-corrected chi connectivity index (χ3v) is 3.24. The monoisotopic (exact) mass is 335 g/mol. The van der Waals surface area contributed by atoms with Crippen LogP contribution in [0.25, 0.3) is 0 Å². The van der Waals surface area contributed by atoms with Gasteiger partial charge in [-0.3, -0.25) is 4.79 Å². The summed E-state index contributed by atoms with van der Waals surface area (Å²) in [6.45, 7) is 0. The van der Waals surface area contributed by atoms with E-state index in [0.29, 0.717) is 17.0 Å². The summed E-state index contributed by atoms with van der Waals surface area (Å²) in [6.07, 6.45) is -1.25. The first-order valence-corrected chi connectivity index (χ1v) is 6.78. The molecule has 1 unspecified atom stereocenters. The molecule has 0 saturated carbocycles. The SMILES string of the molecule is COc1cccc(C(O)C(=O)Nc2cccc(Br)c2)c1. The third kappa shape index (κ3) is 3.59. The molecule has 1 amide bonds. The minimum atomic E-state index is -1.25. The van der Waals surface area contributed by atoms with Gasteiger partial charge in [0.1, 0.15) is 5.75 Å².